The number of aryl methyl sites for hydroxylation is 1. The van der Waals surface area contributed by atoms with Gasteiger partial charge in [-0.1, -0.05) is 13.0 Å². The van der Waals surface area contributed by atoms with E-state index in [1.807, 2.05) is 13.0 Å². The molecule has 0 aliphatic heterocycles. The highest BCUT2D eigenvalue weighted by Crippen LogP contribution is 2.30. The van der Waals surface area contributed by atoms with Crippen LogP contribution in [0.25, 0.3) is 0 Å². The van der Waals surface area contributed by atoms with E-state index in [2.05, 4.69) is 10.0 Å². The van der Waals surface area contributed by atoms with Crippen molar-refractivity contribution in [2.24, 2.45) is 5.73 Å². The molecule has 0 saturated carbocycles. The van der Waals surface area contributed by atoms with Gasteiger partial charge in [0.2, 0.25) is 10.0 Å². The van der Waals surface area contributed by atoms with Gasteiger partial charge in [-0.25, -0.2) is 17.9 Å². The summed E-state index contributed by atoms with van der Waals surface area (Å²) >= 11 is 0. The largest absolute Gasteiger partial charge is 0.492 e. The first-order chi connectivity index (χ1) is 14.1. The number of carboxylic acid groups (broad SMARTS) is 1. The van der Waals surface area contributed by atoms with Crippen molar-refractivity contribution in [2.45, 2.75) is 19.4 Å². The highest BCUT2D eigenvalue weighted by atomic mass is 35.5. The molecule has 0 fully saturated rings. The summed E-state index contributed by atoms with van der Waals surface area (Å²) < 4.78 is 30.4. The summed E-state index contributed by atoms with van der Waals surface area (Å²) in [5, 5.41) is 20.2. The number of rotatable bonds is 11. The third-order valence-corrected chi connectivity index (χ3v) is 5.00. The zero-order chi connectivity index (χ0) is 22.3. The highest BCUT2D eigenvalue weighted by molar-refractivity contribution is 7.88. The number of amidine groups is 1. The molecule has 0 aliphatic carbocycles. The second kappa shape index (κ2) is 11.5. The van der Waals surface area contributed by atoms with Crippen molar-refractivity contribution in [2.75, 3.05) is 24.7 Å². The Kier molecular flexibility index (Phi) is 9.76. The molecule has 0 heterocycles. The van der Waals surface area contributed by atoms with Gasteiger partial charge in [0.25, 0.3) is 0 Å². The molecule has 0 aliphatic rings. The quantitative estimate of drug-likeness (QED) is 0.191. The van der Waals surface area contributed by atoms with E-state index < -0.39 is 22.0 Å². The van der Waals surface area contributed by atoms with E-state index in [9.17, 15) is 18.3 Å². The molecule has 0 bridgehead atoms. The number of sulfonamides is 1. The summed E-state index contributed by atoms with van der Waals surface area (Å²) in [4.78, 5) is 12.0. The maximum atomic E-state index is 12.0. The van der Waals surface area contributed by atoms with Crippen molar-refractivity contribution in [3.05, 3.63) is 59.2 Å². The lowest BCUT2D eigenvalue weighted by molar-refractivity contribution is -0.138. The average Bonchev–Trinajstić information content (AvgIpc) is 2.69. The highest BCUT2D eigenvalue weighted by Gasteiger charge is 2.24. The maximum Gasteiger partial charge on any atom is 0.330 e. The molecule has 2 rings (SSSR count). The summed E-state index contributed by atoms with van der Waals surface area (Å²) in [7, 11) is -3.34. The number of nitrogens with one attached hydrogen (secondary N) is 3. The maximum absolute atomic E-state index is 12.0. The summed E-state index contributed by atoms with van der Waals surface area (Å²) in [6, 6.07) is 10.7. The van der Waals surface area contributed by atoms with Crippen molar-refractivity contribution < 1.29 is 23.1 Å². The zero-order valence-corrected chi connectivity index (χ0v) is 18.8. The molecule has 2 aromatic rings. The van der Waals surface area contributed by atoms with E-state index in [4.69, 9.17) is 15.9 Å². The van der Waals surface area contributed by atoms with Crippen LogP contribution in [0.15, 0.2) is 42.5 Å². The lowest BCUT2D eigenvalue weighted by Gasteiger charge is -2.21. The minimum atomic E-state index is -3.34. The number of ether oxygens (including phenoxy) is 1. The molecule has 0 spiro atoms. The van der Waals surface area contributed by atoms with Crippen LogP contribution < -0.4 is 20.5 Å². The zero-order valence-electron chi connectivity index (χ0n) is 17.2. The summed E-state index contributed by atoms with van der Waals surface area (Å²) in [6.07, 6.45) is 1.76. The van der Waals surface area contributed by atoms with Gasteiger partial charge in [0.1, 0.15) is 18.2 Å². The van der Waals surface area contributed by atoms with Gasteiger partial charge in [-0.15, -0.1) is 12.4 Å². The molecule has 0 radical (unpaired) electrons. The second-order valence-corrected chi connectivity index (χ2v) is 8.48. The molecule has 0 saturated heterocycles. The molecule has 1 atom stereocenters. The van der Waals surface area contributed by atoms with Crippen LogP contribution in [0, 0.1) is 5.41 Å². The number of carboxylic acids is 1. The molecule has 2 aromatic carbocycles. The molecule has 31 heavy (non-hydrogen) atoms. The van der Waals surface area contributed by atoms with Crippen molar-refractivity contribution in [3.63, 3.8) is 0 Å². The number of hydrogen-bond acceptors (Lipinski definition) is 6. The first-order valence-corrected chi connectivity index (χ1v) is 11.1. The van der Waals surface area contributed by atoms with E-state index >= 15 is 0 Å². The summed E-state index contributed by atoms with van der Waals surface area (Å²) in [5.41, 5.74) is 7.89. The number of halogens is 1. The lowest BCUT2D eigenvalue weighted by Crippen LogP contribution is -2.27. The van der Waals surface area contributed by atoms with E-state index in [0.29, 0.717) is 29.0 Å². The molecular formula is C20H27ClN4O5S. The Morgan fingerprint density at radius 2 is 1.87 bits per heavy atom. The standard InChI is InChI=1S/C20H26N4O5S.ClH/c1-3-13-4-9-17(29-11-10-23-30(2,27)28)16(12-13)18(20(25)26)24-15-7-5-14(6-8-15)19(21)22;/h4-9,12,18,23-24H,3,10-11H2,1-2H3,(H3,21,22)(H,25,26);1H. The number of aliphatic carboxylic acids is 1. The van der Waals surface area contributed by atoms with Gasteiger partial charge in [0, 0.05) is 23.4 Å². The van der Waals surface area contributed by atoms with Crippen molar-refractivity contribution in [3.8, 4) is 5.75 Å². The number of anilines is 1. The molecule has 9 nitrogen and oxygen atoms in total. The average molecular weight is 471 g/mol. The SMILES string of the molecule is CCc1ccc(OCCNS(C)(=O)=O)c(C(Nc2ccc(C(=N)N)cc2)C(=O)O)c1.Cl. The first kappa shape index (κ1) is 26.2. The van der Waals surface area contributed by atoms with Crippen LogP contribution in [0.4, 0.5) is 5.69 Å². The van der Waals surface area contributed by atoms with Gasteiger partial charge >= 0.3 is 5.97 Å². The predicted molar refractivity (Wildman–Crippen MR) is 123 cm³/mol. The fourth-order valence-electron chi connectivity index (χ4n) is 2.75. The number of carbonyl (C=O) groups is 1. The Labute approximate surface area is 188 Å². The van der Waals surface area contributed by atoms with Crippen molar-refractivity contribution in [1.82, 2.24) is 4.72 Å². The van der Waals surface area contributed by atoms with Gasteiger partial charge < -0.3 is 20.9 Å². The number of benzene rings is 2. The van der Waals surface area contributed by atoms with Crippen LogP contribution in [0.3, 0.4) is 0 Å². The van der Waals surface area contributed by atoms with Crippen molar-refractivity contribution in [1.29, 1.82) is 5.41 Å². The predicted octanol–water partition coefficient (Wildman–Crippen LogP) is 2.12. The fourth-order valence-corrected chi connectivity index (χ4v) is 3.20. The van der Waals surface area contributed by atoms with E-state index in [-0.39, 0.29) is 31.4 Å². The van der Waals surface area contributed by atoms with E-state index in [1.54, 1.807) is 36.4 Å². The number of nitrogens with two attached hydrogens (primary N) is 1. The molecule has 0 amide bonds. The molecule has 1 unspecified atom stereocenters. The van der Waals surface area contributed by atoms with Crippen LogP contribution in [0.5, 0.6) is 5.75 Å². The summed E-state index contributed by atoms with van der Waals surface area (Å²) in [5.74, 6) is -0.828. The second-order valence-electron chi connectivity index (χ2n) is 6.65. The van der Waals surface area contributed by atoms with Gasteiger partial charge in [-0.05, 0) is 48.4 Å². The van der Waals surface area contributed by atoms with Crippen LogP contribution in [0.1, 0.15) is 29.7 Å². The fraction of sp³-hybridized carbons (Fsp3) is 0.300. The third-order valence-electron chi connectivity index (χ3n) is 4.27. The monoisotopic (exact) mass is 470 g/mol. The normalized spacial score (nSPS) is 11.8. The van der Waals surface area contributed by atoms with Crippen LogP contribution in [0.2, 0.25) is 0 Å². The molecule has 11 heteroatoms. The lowest BCUT2D eigenvalue weighted by atomic mass is 10.0. The number of hydrogen-bond donors (Lipinski definition) is 5. The molecule has 6 N–H and O–H groups in total. The topological polar surface area (TPSA) is 155 Å². The molecule has 170 valence electrons. The summed E-state index contributed by atoms with van der Waals surface area (Å²) in [6.45, 7) is 2.07. The van der Waals surface area contributed by atoms with Crippen LogP contribution >= 0.6 is 12.4 Å². The number of nitrogen functional groups attached to an aromatic ring is 1. The van der Waals surface area contributed by atoms with Gasteiger partial charge in [0.15, 0.2) is 6.04 Å². The Hall–Kier alpha value is -2.82. The van der Waals surface area contributed by atoms with Gasteiger partial charge in [-0.2, -0.15) is 0 Å². The van der Waals surface area contributed by atoms with Crippen LogP contribution in [-0.2, 0) is 21.2 Å². The first-order valence-electron chi connectivity index (χ1n) is 9.24. The Morgan fingerprint density at radius 3 is 2.39 bits per heavy atom. The van der Waals surface area contributed by atoms with Crippen LogP contribution in [-0.4, -0.2) is 44.7 Å². The minimum Gasteiger partial charge on any atom is -0.492 e. The van der Waals surface area contributed by atoms with Gasteiger partial charge in [0.05, 0.1) is 6.26 Å². The molecule has 0 aromatic heterocycles. The Bertz CT molecular complexity index is 1010. The minimum absolute atomic E-state index is 0. The Morgan fingerprint density at radius 1 is 1.23 bits per heavy atom. The van der Waals surface area contributed by atoms with E-state index in [0.717, 1.165) is 11.8 Å². The van der Waals surface area contributed by atoms with Gasteiger partial charge in [-0.3, -0.25) is 5.41 Å². The van der Waals surface area contributed by atoms with Crippen molar-refractivity contribution >= 4 is 39.9 Å². The third kappa shape index (κ3) is 8.08. The smallest absolute Gasteiger partial charge is 0.330 e. The molecular weight excluding hydrogens is 444 g/mol. The Balaban J connectivity index is 0.00000480. The van der Waals surface area contributed by atoms with E-state index in [1.165, 1.54) is 0 Å².